The van der Waals surface area contributed by atoms with Gasteiger partial charge in [0.05, 0.1) is 6.54 Å². The molecule has 2 amide bonds. The number of fused-ring (bicyclic) bond motifs is 1. The van der Waals surface area contributed by atoms with Crippen LogP contribution in [0.3, 0.4) is 0 Å². The second-order valence-corrected chi connectivity index (χ2v) is 7.91. The van der Waals surface area contributed by atoms with Crippen LogP contribution >= 0.6 is 0 Å². The van der Waals surface area contributed by atoms with Crippen LogP contribution in [0.5, 0.6) is 0 Å². The number of rotatable bonds is 5. The molecule has 1 aromatic heterocycles. The third-order valence-corrected chi connectivity index (χ3v) is 4.37. The van der Waals surface area contributed by atoms with Gasteiger partial charge in [0.2, 0.25) is 5.91 Å². The summed E-state index contributed by atoms with van der Waals surface area (Å²) in [4.78, 5) is 30.1. The van der Waals surface area contributed by atoms with Gasteiger partial charge in [-0.2, -0.15) is 0 Å². The number of nitrogens with zero attached hydrogens (tertiary/aromatic N) is 2. The van der Waals surface area contributed by atoms with Gasteiger partial charge in [-0.1, -0.05) is 6.07 Å². The Morgan fingerprint density at radius 1 is 1.28 bits per heavy atom. The molecule has 2 N–H and O–H groups in total. The van der Waals surface area contributed by atoms with Crippen LogP contribution in [-0.2, 0) is 16.1 Å². The maximum absolute atomic E-state index is 12.0. The summed E-state index contributed by atoms with van der Waals surface area (Å²) in [6.45, 7) is 8.43. The molecule has 2 aliphatic rings. The monoisotopic (exact) mass is 346 g/mol. The van der Waals surface area contributed by atoms with E-state index in [1.807, 2.05) is 6.07 Å². The van der Waals surface area contributed by atoms with Gasteiger partial charge in [0.15, 0.2) is 0 Å². The van der Waals surface area contributed by atoms with Gasteiger partial charge >= 0.3 is 6.09 Å². The second-order valence-electron chi connectivity index (χ2n) is 7.91. The predicted molar refractivity (Wildman–Crippen MR) is 94.0 cm³/mol. The van der Waals surface area contributed by atoms with E-state index < -0.39 is 11.7 Å². The smallest absolute Gasteiger partial charge is 0.413 e. The topological polar surface area (TPSA) is 83.6 Å². The molecule has 0 radical (unpaired) electrons. The summed E-state index contributed by atoms with van der Waals surface area (Å²) in [5, 5.41) is 5.49. The normalized spacial score (nSPS) is 22.2. The van der Waals surface area contributed by atoms with Gasteiger partial charge in [-0.25, -0.2) is 9.78 Å². The summed E-state index contributed by atoms with van der Waals surface area (Å²) in [5.74, 6) is 2.13. The second kappa shape index (κ2) is 7.00. The fourth-order valence-electron chi connectivity index (χ4n) is 3.10. The fourth-order valence-corrected chi connectivity index (χ4v) is 3.10. The number of amides is 2. The number of piperidine rings is 1. The molecule has 1 saturated heterocycles. The van der Waals surface area contributed by atoms with Crippen molar-refractivity contribution in [3.05, 3.63) is 23.9 Å². The molecule has 3 rings (SSSR count). The Morgan fingerprint density at radius 3 is 2.60 bits per heavy atom. The van der Waals surface area contributed by atoms with Crippen molar-refractivity contribution in [1.29, 1.82) is 0 Å². The number of anilines is 1. The first-order valence-corrected chi connectivity index (χ1v) is 8.72. The molecule has 25 heavy (non-hydrogen) atoms. The van der Waals surface area contributed by atoms with Gasteiger partial charge in [0.1, 0.15) is 11.4 Å². The lowest BCUT2D eigenvalue weighted by Gasteiger charge is -2.19. The highest BCUT2D eigenvalue weighted by atomic mass is 16.6. The van der Waals surface area contributed by atoms with Crippen LogP contribution < -0.4 is 10.6 Å². The van der Waals surface area contributed by atoms with Crippen molar-refractivity contribution in [2.24, 2.45) is 11.8 Å². The van der Waals surface area contributed by atoms with Crippen molar-refractivity contribution in [2.75, 3.05) is 25.0 Å². The molecule has 2 heterocycles. The molecule has 0 aromatic carbocycles. The number of aromatic nitrogens is 1. The molecule has 1 saturated carbocycles. The molecule has 7 nitrogen and oxygen atoms in total. The zero-order valence-electron chi connectivity index (χ0n) is 15.0. The van der Waals surface area contributed by atoms with Crippen LogP contribution in [0, 0.1) is 11.8 Å². The Balaban J connectivity index is 1.39. The number of ether oxygens (including phenoxy) is 1. The summed E-state index contributed by atoms with van der Waals surface area (Å²) < 4.78 is 5.17. The van der Waals surface area contributed by atoms with E-state index in [0.29, 0.717) is 18.9 Å². The van der Waals surface area contributed by atoms with Gasteiger partial charge in [0, 0.05) is 25.8 Å². The summed E-state index contributed by atoms with van der Waals surface area (Å²) >= 11 is 0. The Bertz CT molecular complexity index is 629. The van der Waals surface area contributed by atoms with Crippen LogP contribution in [-0.4, -0.2) is 47.1 Å². The van der Waals surface area contributed by atoms with E-state index in [2.05, 4.69) is 20.5 Å². The van der Waals surface area contributed by atoms with Gasteiger partial charge in [-0.05, 0) is 50.7 Å². The third-order valence-electron chi connectivity index (χ3n) is 4.37. The van der Waals surface area contributed by atoms with E-state index in [1.165, 1.54) is 6.42 Å². The Hall–Kier alpha value is -2.15. The lowest BCUT2D eigenvalue weighted by atomic mass is 10.2. The van der Waals surface area contributed by atoms with Crippen molar-refractivity contribution in [1.82, 2.24) is 15.2 Å². The van der Waals surface area contributed by atoms with Crippen molar-refractivity contribution >= 4 is 17.8 Å². The molecule has 1 aromatic rings. The van der Waals surface area contributed by atoms with Crippen LogP contribution in [0.2, 0.25) is 0 Å². The summed E-state index contributed by atoms with van der Waals surface area (Å²) in [6.07, 6.45) is 2.44. The van der Waals surface area contributed by atoms with Crippen LogP contribution in [0.25, 0.3) is 0 Å². The fraction of sp³-hybridized carbons (Fsp3) is 0.611. The van der Waals surface area contributed by atoms with E-state index in [0.717, 1.165) is 30.5 Å². The summed E-state index contributed by atoms with van der Waals surface area (Å²) in [7, 11) is 0. The molecule has 2 unspecified atom stereocenters. The average Bonchev–Trinajstić information content (AvgIpc) is 3.11. The molecule has 7 heteroatoms. The van der Waals surface area contributed by atoms with E-state index >= 15 is 0 Å². The maximum atomic E-state index is 12.0. The first-order valence-electron chi connectivity index (χ1n) is 8.72. The van der Waals surface area contributed by atoms with E-state index in [1.54, 1.807) is 33.0 Å². The molecule has 2 fully saturated rings. The van der Waals surface area contributed by atoms with E-state index in [9.17, 15) is 9.59 Å². The SMILES string of the molecule is CC(C)(C)OC(=O)Nc1ccc(CNC(=O)CN2CC3CC3C2)cn1. The predicted octanol–water partition coefficient (Wildman–Crippen LogP) is 2.00. The molecule has 1 aliphatic heterocycles. The molecule has 1 aliphatic carbocycles. The average molecular weight is 346 g/mol. The van der Waals surface area contributed by atoms with Gasteiger partial charge < -0.3 is 10.1 Å². The van der Waals surface area contributed by atoms with Crippen molar-refractivity contribution < 1.29 is 14.3 Å². The zero-order valence-corrected chi connectivity index (χ0v) is 15.0. The van der Waals surface area contributed by atoms with Crippen LogP contribution in [0.1, 0.15) is 32.8 Å². The Kier molecular flexibility index (Phi) is 4.94. The van der Waals surface area contributed by atoms with Crippen molar-refractivity contribution in [3.8, 4) is 0 Å². The highest BCUT2D eigenvalue weighted by molar-refractivity contribution is 5.83. The summed E-state index contributed by atoms with van der Waals surface area (Å²) in [5.41, 5.74) is 0.330. The zero-order chi connectivity index (χ0) is 18.0. The molecule has 2 atom stereocenters. The minimum Gasteiger partial charge on any atom is -0.444 e. The molecular weight excluding hydrogens is 320 g/mol. The number of hydrogen-bond acceptors (Lipinski definition) is 5. The maximum Gasteiger partial charge on any atom is 0.413 e. The first kappa shape index (κ1) is 17.7. The number of carbonyl (C=O) groups excluding carboxylic acids is 2. The van der Waals surface area contributed by atoms with Crippen molar-refractivity contribution in [2.45, 2.75) is 39.3 Å². The standard InChI is InChI=1S/C18H26N4O3/c1-18(2,3)25-17(24)21-15-5-4-12(7-19-15)8-20-16(23)11-22-9-13-6-14(13)10-22/h4-5,7,13-14H,6,8-11H2,1-3H3,(H,20,23)(H,19,21,24). The molecule has 0 spiro atoms. The highest BCUT2D eigenvalue weighted by Crippen LogP contribution is 2.44. The van der Waals surface area contributed by atoms with Crippen LogP contribution in [0.4, 0.5) is 10.6 Å². The number of hydrogen-bond donors (Lipinski definition) is 2. The number of likely N-dealkylation sites (tertiary alicyclic amines) is 1. The Morgan fingerprint density at radius 2 is 2.00 bits per heavy atom. The third kappa shape index (κ3) is 5.42. The van der Waals surface area contributed by atoms with E-state index in [4.69, 9.17) is 4.74 Å². The number of carbonyl (C=O) groups is 2. The number of pyridine rings is 1. The lowest BCUT2D eigenvalue weighted by Crippen LogP contribution is -2.36. The first-order chi connectivity index (χ1) is 11.8. The highest BCUT2D eigenvalue weighted by Gasteiger charge is 2.45. The van der Waals surface area contributed by atoms with E-state index in [-0.39, 0.29) is 5.91 Å². The lowest BCUT2D eigenvalue weighted by molar-refractivity contribution is -0.122. The minimum absolute atomic E-state index is 0.0391. The molecule has 136 valence electrons. The Labute approximate surface area is 148 Å². The van der Waals surface area contributed by atoms with Gasteiger partial charge in [-0.15, -0.1) is 0 Å². The summed E-state index contributed by atoms with van der Waals surface area (Å²) in [6, 6.07) is 3.52. The molecule has 0 bridgehead atoms. The van der Waals surface area contributed by atoms with Gasteiger partial charge in [-0.3, -0.25) is 15.0 Å². The van der Waals surface area contributed by atoms with Crippen LogP contribution in [0.15, 0.2) is 18.3 Å². The quantitative estimate of drug-likeness (QED) is 0.852. The van der Waals surface area contributed by atoms with Gasteiger partial charge in [0.25, 0.3) is 0 Å². The minimum atomic E-state index is -0.551. The molecular formula is C18H26N4O3. The largest absolute Gasteiger partial charge is 0.444 e. The number of nitrogens with one attached hydrogen (secondary N) is 2. The van der Waals surface area contributed by atoms with Crippen molar-refractivity contribution in [3.63, 3.8) is 0 Å².